The lowest BCUT2D eigenvalue weighted by atomic mass is 10.9. The number of carbonyl (C=O) groups is 3. The van der Waals surface area contributed by atoms with Gasteiger partial charge in [-0.2, -0.15) is 0 Å². The number of aliphatic carboxylic acids is 1. The number of hydrogen-bond donors (Lipinski definition) is 4. The normalized spacial score (nSPS) is 6.79. The molecule has 8 nitrogen and oxygen atoms in total. The van der Waals surface area contributed by atoms with E-state index in [1.54, 1.807) is 0 Å². The number of nitrogens with two attached hydrogens (primary N) is 1. The van der Waals surface area contributed by atoms with Gasteiger partial charge in [-0.15, -0.1) is 0 Å². The van der Waals surface area contributed by atoms with E-state index >= 15 is 0 Å². The van der Waals surface area contributed by atoms with Crippen molar-refractivity contribution in [2.75, 3.05) is 14.1 Å². The first-order valence-corrected chi connectivity index (χ1v) is 3.19. The number of rotatable bonds is 0. The molecule has 0 rings (SSSR count). The zero-order valence-electron chi connectivity index (χ0n) is 8.09. The quantitative estimate of drug-likeness (QED) is 0.441. The van der Waals surface area contributed by atoms with Crippen LogP contribution >= 0.6 is 0 Å². The zero-order valence-corrected chi connectivity index (χ0v) is 8.09. The predicted molar refractivity (Wildman–Crippen MR) is 47.2 cm³/mol. The summed E-state index contributed by atoms with van der Waals surface area (Å²) in [5.41, 5.74) is 4.03. The van der Waals surface area contributed by atoms with Crippen LogP contribution in [-0.2, 0) is 4.79 Å². The fourth-order valence-electron chi connectivity index (χ4n) is 0. The summed E-state index contributed by atoms with van der Waals surface area (Å²) >= 11 is 0. The maximum atomic E-state index is 9.62. The molecule has 0 radical (unpaired) electrons. The van der Waals surface area contributed by atoms with Crippen LogP contribution < -0.4 is 5.73 Å². The average Bonchev–Trinajstić information content (AvgIpc) is 1.83. The summed E-state index contributed by atoms with van der Waals surface area (Å²) in [6.07, 6.45) is -2.24. The van der Waals surface area contributed by atoms with Crippen molar-refractivity contribution in [3.8, 4) is 0 Å². The van der Waals surface area contributed by atoms with Crippen molar-refractivity contribution in [1.29, 1.82) is 0 Å². The van der Waals surface area contributed by atoms with E-state index in [1.807, 2.05) is 0 Å². The summed E-state index contributed by atoms with van der Waals surface area (Å²) in [4.78, 5) is 28.5. The monoisotopic (exact) mass is 210 g/mol. The number of primary amides is 1. The Labute approximate surface area is 80.5 Å². The van der Waals surface area contributed by atoms with Gasteiger partial charge in [-0.3, -0.25) is 4.79 Å². The van der Waals surface area contributed by atoms with Gasteiger partial charge in [0, 0.05) is 21.0 Å². The van der Waals surface area contributed by atoms with Gasteiger partial charge >= 0.3 is 12.2 Å². The van der Waals surface area contributed by atoms with E-state index in [1.165, 1.54) is 14.1 Å². The van der Waals surface area contributed by atoms with Crippen LogP contribution in [0.2, 0.25) is 0 Å². The second-order valence-electron chi connectivity index (χ2n) is 2.03. The summed E-state index contributed by atoms with van der Waals surface area (Å²) in [5.74, 6) is -0.833. The third-order valence-electron chi connectivity index (χ3n) is 0.383. The molecule has 84 valence electrons. The Morgan fingerprint density at radius 1 is 1.07 bits per heavy atom. The summed E-state index contributed by atoms with van der Waals surface area (Å²) in [6, 6.07) is 0. The van der Waals surface area contributed by atoms with E-state index in [2.05, 4.69) is 5.73 Å². The number of carboxylic acids is 1. The molecular formula is C6H14N2O6. The third kappa shape index (κ3) is 201. The van der Waals surface area contributed by atoms with Gasteiger partial charge in [0.25, 0.3) is 5.97 Å². The van der Waals surface area contributed by atoms with Gasteiger partial charge < -0.3 is 26.0 Å². The molecule has 0 heterocycles. The van der Waals surface area contributed by atoms with Gasteiger partial charge in [0.05, 0.1) is 0 Å². The molecule has 0 saturated carbocycles. The van der Waals surface area contributed by atoms with E-state index in [0.717, 1.165) is 11.8 Å². The maximum absolute atomic E-state index is 9.62. The Kier molecular flexibility index (Phi) is 14.1. The first-order chi connectivity index (χ1) is 6.11. The summed E-state index contributed by atoms with van der Waals surface area (Å²) < 4.78 is 0. The van der Waals surface area contributed by atoms with Crippen LogP contribution in [0, 0.1) is 0 Å². The molecule has 0 aliphatic carbocycles. The van der Waals surface area contributed by atoms with Gasteiger partial charge in [-0.1, -0.05) is 0 Å². The van der Waals surface area contributed by atoms with Crippen molar-refractivity contribution in [2.45, 2.75) is 6.92 Å². The molecule has 0 atom stereocenters. The van der Waals surface area contributed by atoms with Crippen LogP contribution in [0.25, 0.3) is 0 Å². The first-order valence-electron chi connectivity index (χ1n) is 3.19. The highest BCUT2D eigenvalue weighted by Gasteiger charge is 1.91. The summed E-state index contributed by atoms with van der Waals surface area (Å²) in [7, 11) is 2.95. The van der Waals surface area contributed by atoms with Crippen LogP contribution in [0.5, 0.6) is 0 Å². The van der Waals surface area contributed by atoms with Gasteiger partial charge in [-0.25, -0.2) is 9.59 Å². The highest BCUT2D eigenvalue weighted by atomic mass is 16.4. The highest BCUT2D eigenvalue weighted by Crippen LogP contribution is 1.69. The van der Waals surface area contributed by atoms with E-state index in [0.29, 0.717) is 0 Å². The first kappa shape index (κ1) is 17.9. The van der Waals surface area contributed by atoms with Crippen LogP contribution in [0.3, 0.4) is 0 Å². The molecule has 0 aromatic heterocycles. The van der Waals surface area contributed by atoms with E-state index in [-0.39, 0.29) is 0 Å². The minimum absolute atomic E-state index is 0.833. The largest absolute Gasteiger partial charge is 0.481 e. The Morgan fingerprint density at radius 3 is 1.14 bits per heavy atom. The molecule has 2 amide bonds. The highest BCUT2D eigenvalue weighted by molar-refractivity contribution is 5.63. The van der Waals surface area contributed by atoms with Crippen molar-refractivity contribution in [2.24, 2.45) is 5.73 Å². The zero-order chi connectivity index (χ0) is 12.3. The molecule has 0 unspecified atom stereocenters. The van der Waals surface area contributed by atoms with Gasteiger partial charge in [-0.05, 0) is 0 Å². The Balaban J connectivity index is -0.000000135. The summed E-state index contributed by atoms with van der Waals surface area (Å²) in [5, 5.41) is 22.5. The molecule has 0 saturated heterocycles. The Hall–Kier alpha value is -1.99. The minimum Gasteiger partial charge on any atom is -0.481 e. The number of nitrogens with zero attached hydrogens (tertiary/aromatic N) is 1. The van der Waals surface area contributed by atoms with Crippen molar-refractivity contribution in [1.82, 2.24) is 4.90 Å². The molecule has 8 heteroatoms. The van der Waals surface area contributed by atoms with Crippen molar-refractivity contribution in [3.63, 3.8) is 0 Å². The lowest BCUT2D eigenvalue weighted by Gasteiger charge is -1.99. The Morgan fingerprint density at radius 2 is 1.14 bits per heavy atom. The number of carboxylic acid groups (broad SMARTS) is 3. The van der Waals surface area contributed by atoms with Crippen molar-refractivity contribution >= 4 is 18.2 Å². The maximum Gasteiger partial charge on any atom is 0.406 e. The lowest BCUT2D eigenvalue weighted by molar-refractivity contribution is -0.134. The second kappa shape index (κ2) is 11.0. The molecule has 5 N–H and O–H groups in total. The number of amides is 2. The minimum atomic E-state index is -1.33. The molecular weight excluding hydrogens is 196 g/mol. The molecule has 14 heavy (non-hydrogen) atoms. The van der Waals surface area contributed by atoms with E-state index in [9.17, 15) is 4.79 Å². The third-order valence-corrected chi connectivity index (χ3v) is 0.383. The second-order valence-corrected chi connectivity index (χ2v) is 2.03. The SMILES string of the molecule is CC(=O)O.CN(C)C(=O)O.NC(=O)O. The molecule has 0 fully saturated rings. The molecule has 0 aliphatic rings. The predicted octanol–water partition coefficient (Wildman–Crippen LogP) is -0.0600. The molecule has 0 aromatic rings. The van der Waals surface area contributed by atoms with Crippen LogP contribution in [0.15, 0.2) is 0 Å². The molecule has 0 aromatic carbocycles. The standard InChI is InChI=1S/C3H7NO2.C2H4O2.CH3NO2/c1-4(2)3(5)6;1-2(3)4;2-1(3)4/h1-2H3,(H,5,6);1H3,(H,3,4);2H2,(H,3,4). The van der Waals surface area contributed by atoms with Crippen molar-refractivity contribution in [3.05, 3.63) is 0 Å². The van der Waals surface area contributed by atoms with Crippen molar-refractivity contribution < 1.29 is 29.7 Å². The lowest BCUT2D eigenvalue weighted by Crippen LogP contribution is -2.18. The van der Waals surface area contributed by atoms with Gasteiger partial charge in [0.2, 0.25) is 0 Å². The van der Waals surface area contributed by atoms with E-state index in [4.69, 9.17) is 24.9 Å². The Bertz CT molecular complexity index is 171. The average molecular weight is 210 g/mol. The van der Waals surface area contributed by atoms with E-state index < -0.39 is 18.2 Å². The topological polar surface area (TPSA) is 141 Å². The smallest absolute Gasteiger partial charge is 0.406 e. The fraction of sp³-hybridized carbons (Fsp3) is 0.500. The van der Waals surface area contributed by atoms with Gasteiger partial charge in [0.15, 0.2) is 0 Å². The fourth-order valence-corrected chi connectivity index (χ4v) is 0. The summed E-state index contributed by atoms with van der Waals surface area (Å²) in [6.45, 7) is 1.08. The molecule has 0 aliphatic heterocycles. The number of hydrogen-bond acceptors (Lipinski definition) is 3. The molecule has 0 bridgehead atoms. The van der Waals surface area contributed by atoms with Crippen LogP contribution in [-0.4, -0.2) is 52.5 Å². The van der Waals surface area contributed by atoms with Crippen LogP contribution in [0.4, 0.5) is 9.59 Å². The molecule has 0 spiro atoms. The van der Waals surface area contributed by atoms with Crippen LogP contribution in [0.1, 0.15) is 6.92 Å². The van der Waals surface area contributed by atoms with Gasteiger partial charge in [0.1, 0.15) is 0 Å².